The van der Waals surface area contributed by atoms with E-state index in [1.54, 1.807) is 31.2 Å². The van der Waals surface area contributed by atoms with Gasteiger partial charge in [-0.1, -0.05) is 6.07 Å². The second kappa shape index (κ2) is 6.07. The Morgan fingerprint density at radius 1 is 1.62 bits per heavy atom. The highest BCUT2D eigenvalue weighted by molar-refractivity contribution is 5.94. The predicted octanol–water partition coefficient (Wildman–Crippen LogP) is 1.32. The summed E-state index contributed by atoms with van der Waals surface area (Å²) >= 11 is 0. The van der Waals surface area contributed by atoms with Crippen LogP contribution in [0.3, 0.4) is 0 Å². The fourth-order valence-electron chi connectivity index (χ4n) is 1.08. The van der Waals surface area contributed by atoms with Crippen LogP contribution < -0.4 is 15.8 Å². The molecule has 5 heteroatoms. The quantitative estimate of drug-likeness (QED) is 0.795. The second-order valence-corrected chi connectivity index (χ2v) is 3.34. The molecule has 0 saturated heterocycles. The summed E-state index contributed by atoms with van der Waals surface area (Å²) in [6.07, 6.45) is 0. The molecule has 1 rings (SSSR count). The Balaban J connectivity index is 2.63. The van der Waals surface area contributed by atoms with Gasteiger partial charge in [0.1, 0.15) is 19.0 Å². The largest absolute Gasteiger partial charge is 0.491 e. The molecule has 0 spiro atoms. The van der Waals surface area contributed by atoms with E-state index in [9.17, 15) is 9.18 Å². The molecule has 1 atom stereocenters. The molecule has 1 aromatic rings. The molecule has 0 unspecified atom stereocenters. The fraction of sp³-hybridized carbons (Fsp3) is 0.364. The van der Waals surface area contributed by atoms with Gasteiger partial charge in [-0.05, 0) is 19.1 Å². The summed E-state index contributed by atoms with van der Waals surface area (Å²) < 4.78 is 17.0. The van der Waals surface area contributed by atoms with Gasteiger partial charge < -0.3 is 15.8 Å². The number of rotatable bonds is 5. The standard InChI is InChI=1S/C11H15FN2O2/c1-8(13)11(15)14-9-3-2-4-10(7-9)16-6-5-12/h2-4,7-8H,5-6,13H2,1H3,(H,14,15)/t8-/m0/s1. The Morgan fingerprint density at radius 2 is 2.38 bits per heavy atom. The van der Waals surface area contributed by atoms with Crippen LogP contribution in [0.1, 0.15) is 6.92 Å². The smallest absolute Gasteiger partial charge is 0.241 e. The van der Waals surface area contributed by atoms with Crippen LogP contribution in [0, 0.1) is 0 Å². The average molecular weight is 226 g/mol. The summed E-state index contributed by atoms with van der Waals surface area (Å²) in [5.41, 5.74) is 5.99. The van der Waals surface area contributed by atoms with Gasteiger partial charge in [0, 0.05) is 11.8 Å². The van der Waals surface area contributed by atoms with E-state index in [4.69, 9.17) is 10.5 Å². The van der Waals surface area contributed by atoms with E-state index in [1.807, 2.05) is 0 Å². The number of anilines is 1. The van der Waals surface area contributed by atoms with Gasteiger partial charge in [-0.15, -0.1) is 0 Å². The van der Waals surface area contributed by atoms with Crippen molar-refractivity contribution in [3.8, 4) is 5.75 Å². The van der Waals surface area contributed by atoms with Crippen molar-refractivity contribution in [1.82, 2.24) is 0 Å². The Kier molecular flexibility index (Phi) is 4.72. The zero-order valence-electron chi connectivity index (χ0n) is 9.07. The SMILES string of the molecule is C[C@H](N)C(=O)Nc1cccc(OCCF)c1. The van der Waals surface area contributed by atoms with E-state index >= 15 is 0 Å². The summed E-state index contributed by atoms with van der Waals surface area (Å²) in [7, 11) is 0. The number of hydrogen-bond acceptors (Lipinski definition) is 3. The minimum atomic E-state index is -0.574. The number of ether oxygens (including phenoxy) is 1. The first-order valence-electron chi connectivity index (χ1n) is 4.98. The lowest BCUT2D eigenvalue weighted by atomic mass is 10.2. The van der Waals surface area contributed by atoms with Gasteiger partial charge >= 0.3 is 0 Å². The third kappa shape index (κ3) is 3.86. The molecule has 0 fully saturated rings. The van der Waals surface area contributed by atoms with Gasteiger partial charge in [-0.3, -0.25) is 4.79 Å². The average Bonchev–Trinajstić information content (AvgIpc) is 2.26. The van der Waals surface area contributed by atoms with Crippen LogP contribution in [-0.2, 0) is 4.79 Å². The summed E-state index contributed by atoms with van der Waals surface area (Å²) in [6, 6.07) is 6.16. The number of carbonyl (C=O) groups excluding carboxylic acids is 1. The zero-order valence-corrected chi connectivity index (χ0v) is 9.07. The number of alkyl halides is 1. The van der Waals surface area contributed by atoms with E-state index in [2.05, 4.69) is 5.32 Å². The summed E-state index contributed by atoms with van der Waals surface area (Å²) in [4.78, 5) is 11.3. The molecule has 0 saturated carbocycles. The van der Waals surface area contributed by atoms with Crippen LogP contribution in [0.5, 0.6) is 5.75 Å². The summed E-state index contributed by atoms with van der Waals surface area (Å²) in [5, 5.41) is 2.62. The second-order valence-electron chi connectivity index (χ2n) is 3.34. The van der Waals surface area contributed by atoms with Crippen molar-refractivity contribution in [2.45, 2.75) is 13.0 Å². The molecular formula is C11H15FN2O2. The van der Waals surface area contributed by atoms with Crippen LogP contribution >= 0.6 is 0 Å². The number of nitrogens with one attached hydrogen (secondary N) is 1. The van der Waals surface area contributed by atoms with E-state index in [1.165, 1.54) is 0 Å². The van der Waals surface area contributed by atoms with Gasteiger partial charge in [0.25, 0.3) is 0 Å². The van der Waals surface area contributed by atoms with Crippen LogP contribution in [0.2, 0.25) is 0 Å². The molecule has 0 aliphatic carbocycles. The number of benzene rings is 1. The predicted molar refractivity (Wildman–Crippen MR) is 60.2 cm³/mol. The first-order valence-corrected chi connectivity index (χ1v) is 4.98. The molecule has 1 amide bonds. The van der Waals surface area contributed by atoms with Crippen molar-refractivity contribution in [3.63, 3.8) is 0 Å². The third-order valence-corrected chi connectivity index (χ3v) is 1.86. The molecule has 0 heterocycles. The molecule has 0 aliphatic rings. The molecular weight excluding hydrogens is 211 g/mol. The van der Waals surface area contributed by atoms with Gasteiger partial charge in [0.05, 0.1) is 6.04 Å². The van der Waals surface area contributed by atoms with E-state index < -0.39 is 12.7 Å². The van der Waals surface area contributed by atoms with Crippen LogP contribution in [0.15, 0.2) is 24.3 Å². The van der Waals surface area contributed by atoms with Crippen molar-refractivity contribution in [2.75, 3.05) is 18.6 Å². The first-order chi connectivity index (χ1) is 7.63. The van der Waals surface area contributed by atoms with E-state index in [0.29, 0.717) is 11.4 Å². The van der Waals surface area contributed by atoms with Gasteiger partial charge in [0.2, 0.25) is 5.91 Å². The highest BCUT2D eigenvalue weighted by Crippen LogP contribution is 2.17. The first kappa shape index (κ1) is 12.4. The molecule has 16 heavy (non-hydrogen) atoms. The van der Waals surface area contributed by atoms with Crippen molar-refractivity contribution >= 4 is 11.6 Å². The van der Waals surface area contributed by atoms with E-state index in [0.717, 1.165) is 0 Å². The minimum absolute atomic E-state index is 0.00465. The molecule has 4 nitrogen and oxygen atoms in total. The Hall–Kier alpha value is -1.62. The maximum absolute atomic E-state index is 11.9. The van der Waals surface area contributed by atoms with Gasteiger partial charge in [0.15, 0.2) is 0 Å². The van der Waals surface area contributed by atoms with E-state index in [-0.39, 0.29) is 12.5 Å². The van der Waals surface area contributed by atoms with Crippen molar-refractivity contribution in [1.29, 1.82) is 0 Å². The van der Waals surface area contributed by atoms with Gasteiger partial charge in [-0.2, -0.15) is 0 Å². The third-order valence-electron chi connectivity index (χ3n) is 1.86. The van der Waals surface area contributed by atoms with Crippen LogP contribution in [-0.4, -0.2) is 25.2 Å². The number of hydrogen-bond donors (Lipinski definition) is 2. The normalized spacial score (nSPS) is 11.9. The lowest BCUT2D eigenvalue weighted by molar-refractivity contribution is -0.117. The zero-order chi connectivity index (χ0) is 12.0. The Morgan fingerprint density at radius 3 is 3.00 bits per heavy atom. The molecule has 0 aliphatic heterocycles. The lowest BCUT2D eigenvalue weighted by Crippen LogP contribution is -2.32. The van der Waals surface area contributed by atoms with Crippen molar-refractivity contribution in [3.05, 3.63) is 24.3 Å². The molecule has 0 aromatic heterocycles. The van der Waals surface area contributed by atoms with Gasteiger partial charge in [-0.25, -0.2) is 4.39 Å². The summed E-state index contributed by atoms with van der Waals surface area (Å²) in [6.45, 7) is 1.06. The minimum Gasteiger partial charge on any atom is -0.491 e. The Labute approximate surface area is 93.6 Å². The van der Waals surface area contributed by atoms with Crippen LogP contribution in [0.25, 0.3) is 0 Å². The maximum atomic E-state index is 11.9. The molecule has 3 N–H and O–H groups in total. The van der Waals surface area contributed by atoms with Crippen molar-refractivity contribution in [2.24, 2.45) is 5.73 Å². The van der Waals surface area contributed by atoms with Crippen molar-refractivity contribution < 1.29 is 13.9 Å². The Bertz CT molecular complexity index is 356. The van der Waals surface area contributed by atoms with Crippen LogP contribution in [0.4, 0.5) is 10.1 Å². The highest BCUT2D eigenvalue weighted by Gasteiger charge is 2.07. The molecule has 88 valence electrons. The highest BCUT2D eigenvalue weighted by atomic mass is 19.1. The maximum Gasteiger partial charge on any atom is 0.241 e. The number of carbonyl (C=O) groups is 1. The molecule has 0 bridgehead atoms. The summed E-state index contributed by atoms with van der Waals surface area (Å²) in [5.74, 6) is 0.239. The monoisotopic (exact) mass is 226 g/mol. The lowest BCUT2D eigenvalue weighted by Gasteiger charge is -2.09. The molecule has 0 radical (unpaired) electrons. The number of amides is 1. The molecule has 1 aromatic carbocycles. The number of halogens is 1. The fourth-order valence-corrected chi connectivity index (χ4v) is 1.08. The topological polar surface area (TPSA) is 64.4 Å². The number of nitrogens with two attached hydrogens (primary N) is 1.